The average molecular weight is 412 g/mol. The summed E-state index contributed by atoms with van der Waals surface area (Å²) in [6.07, 6.45) is 2.73. The highest BCUT2D eigenvalue weighted by Crippen LogP contribution is 2.27. The van der Waals surface area contributed by atoms with Crippen molar-refractivity contribution in [2.24, 2.45) is 11.8 Å². The topological polar surface area (TPSA) is 59.3 Å². The summed E-state index contributed by atoms with van der Waals surface area (Å²) in [4.78, 5) is 12.9. The van der Waals surface area contributed by atoms with Crippen LogP contribution in [0.1, 0.15) is 31.1 Å². The van der Waals surface area contributed by atoms with Gasteiger partial charge >= 0.3 is 5.97 Å². The monoisotopic (exact) mass is 411 g/mol. The normalized spacial score (nSPS) is 12.8. The maximum absolute atomic E-state index is 12.9. The fourth-order valence-corrected chi connectivity index (χ4v) is 3.08. The third-order valence-electron chi connectivity index (χ3n) is 4.78. The van der Waals surface area contributed by atoms with Crippen LogP contribution in [0.3, 0.4) is 0 Å². The Morgan fingerprint density at radius 3 is 2.19 bits per heavy atom. The number of hydrogen-bond donors (Lipinski definition) is 0. The number of nitrogens with zero attached hydrogens (tertiary/aromatic N) is 1. The summed E-state index contributed by atoms with van der Waals surface area (Å²) < 4.78 is 11.4. The maximum atomic E-state index is 12.9. The van der Waals surface area contributed by atoms with Gasteiger partial charge in [0.05, 0.1) is 5.92 Å². The molecule has 4 nitrogen and oxygen atoms in total. The van der Waals surface area contributed by atoms with Crippen molar-refractivity contribution in [3.8, 4) is 17.6 Å². The molecule has 0 saturated heterocycles. The van der Waals surface area contributed by atoms with Gasteiger partial charge in [-0.1, -0.05) is 86.7 Å². The van der Waals surface area contributed by atoms with Crippen LogP contribution in [0.2, 0.25) is 0 Å². The molecule has 0 amide bonds. The molecule has 0 aromatic heterocycles. The molecule has 0 radical (unpaired) electrons. The van der Waals surface area contributed by atoms with Crippen LogP contribution in [-0.4, -0.2) is 5.97 Å². The summed E-state index contributed by atoms with van der Waals surface area (Å²) in [6, 6.07) is 28.3. The van der Waals surface area contributed by atoms with Gasteiger partial charge < -0.3 is 9.47 Å². The van der Waals surface area contributed by atoms with E-state index in [2.05, 4.69) is 6.07 Å². The van der Waals surface area contributed by atoms with E-state index in [0.717, 1.165) is 5.56 Å². The molecule has 3 aromatic carbocycles. The summed E-state index contributed by atoms with van der Waals surface area (Å²) in [5.41, 5.74) is 1.57. The highest BCUT2D eigenvalue weighted by molar-refractivity contribution is 5.76. The molecule has 2 unspecified atom stereocenters. The van der Waals surface area contributed by atoms with E-state index in [4.69, 9.17) is 9.47 Å². The minimum Gasteiger partial charge on any atom is -0.457 e. The Morgan fingerprint density at radius 1 is 0.903 bits per heavy atom. The van der Waals surface area contributed by atoms with Gasteiger partial charge in [-0.3, -0.25) is 4.79 Å². The van der Waals surface area contributed by atoms with Crippen LogP contribution in [-0.2, 0) is 9.53 Å². The van der Waals surface area contributed by atoms with Crippen LogP contribution in [0.25, 0.3) is 6.08 Å². The van der Waals surface area contributed by atoms with Crippen molar-refractivity contribution in [2.45, 2.75) is 20.0 Å². The lowest BCUT2D eigenvalue weighted by molar-refractivity contribution is -0.151. The van der Waals surface area contributed by atoms with Gasteiger partial charge in [0, 0.05) is 5.56 Å². The Bertz CT molecular complexity index is 1050. The van der Waals surface area contributed by atoms with Gasteiger partial charge in [0.15, 0.2) is 0 Å². The van der Waals surface area contributed by atoms with E-state index in [-0.39, 0.29) is 5.92 Å². The molecular weight excluding hydrogens is 386 g/mol. The second-order valence-electron chi connectivity index (χ2n) is 7.47. The molecule has 0 N–H and O–H groups in total. The minimum absolute atomic E-state index is 0.0274. The van der Waals surface area contributed by atoms with Crippen molar-refractivity contribution in [1.29, 1.82) is 5.26 Å². The van der Waals surface area contributed by atoms with E-state index in [1.165, 1.54) is 0 Å². The highest BCUT2D eigenvalue weighted by atomic mass is 16.5. The molecule has 0 aliphatic rings. The Labute approximate surface area is 183 Å². The van der Waals surface area contributed by atoms with Gasteiger partial charge in [-0.25, -0.2) is 0 Å². The first-order chi connectivity index (χ1) is 15.1. The van der Waals surface area contributed by atoms with Crippen LogP contribution < -0.4 is 4.74 Å². The highest BCUT2D eigenvalue weighted by Gasteiger charge is 2.25. The molecule has 2 atom stereocenters. The van der Waals surface area contributed by atoms with Gasteiger partial charge in [-0.15, -0.1) is 0 Å². The number of esters is 1. The van der Waals surface area contributed by atoms with E-state index in [9.17, 15) is 10.1 Å². The quantitative estimate of drug-likeness (QED) is 0.393. The zero-order valence-electron chi connectivity index (χ0n) is 17.6. The van der Waals surface area contributed by atoms with Gasteiger partial charge in [0.25, 0.3) is 0 Å². The molecule has 4 heteroatoms. The third kappa shape index (κ3) is 6.32. The SMILES string of the molecule is CC(C)C(/C=C/c1ccccc1)C(=O)OC(C#N)c1cccc(Oc2ccccc2)c1. The fourth-order valence-electron chi connectivity index (χ4n) is 3.08. The average Bonchev–Trinajstić information content (AvgIpc) is 2.79. The van der Waals surface area contributed by atoms with Gasteiger partial charge in [0.1, 0.15) is 17.6 Å². The zero-order chi connectivity index (χ0) is 22.1. The number of carbonyl (C=O) groups is 1. The second-order valence-corrected chi connectivity index (χ2v) is 7.47. The summed E-state index contributed by atoms with van der Waals surface area (Å²) in [7, 11) is 0. The van der Waals surface area contributed by atoms with Crippen LogP contribution in [0, 0.1) is 23.2 Å². The summed E-state index contributed by atoms with van der Waals surface area (Å²) in [5, 5.41) is 9.65. The smallest absolute Gasteiger partial charge is 0.314 e. The maximum Gasteiger partial charge on any atom is 0.314 e. The van der Waals surface area contributed by atoms with Crippen molar-refractivity contribution in [3.05, 3.63) is 102 Å². The van der Waals surface area contributed by atoms with Gasteiger partial charge in [0.2, 0.25) is 6.10 Å². The number of benzene rings is 3. The molecule has 0 spiro atoms. The Kier molecular flexibility index (Phi) is 7.61. The molecular formula is C27H25NO3. The number of hydrogen-bond acceptors (Lipinski definition) is 4. The van der Waals surface area contributed by atoms with Crippen LogP contribution in [0.5, 0.6) is 11.5 Å². The number of para-hydroxylation sites is 1. The number of nitriles is 1. The van der Waals surface area contributed by atoms with Crippen molar-refractivity contribution in [1.82, 2.24) is 0 Å². The Balaban J connectivity index is 1.73. The van der Waals surface area contributed by atoms with Crippen molar-refractivity contribution in [2.75, 3.05) is 0 Å². The number of ether oxygens (including phenoxy) is 2. The Morgan fingerprint density at radius 2 is 1.55 bits per heavy atom. The fraction of sp³-hybridized carbons (Fsp3) is 0.185. The summed E-state index contributed by atoms with van der Waals surface area (Å²) in [6.45, 7) is 3.91. The molecule has 0 bridgehead atoms. The molecule has 0 aliphatic carbocycles. The first-order valence-electron chi connectivity index (χ1n) is 10.2. The first kappa shape index (κ1) is 21.9. The molecule has 0 heterocycles. The lowest BCUT2D eigenvalue weighted by Gasteiger charge is -2.19. The molecule has 0 aliphatic heterocycles. The summed E-state index contributed by atoms with van der Waals surface area (Å²) >= 11 is 0. The lowest BCUT2D eigenvalue weighted by atomic mass is 9.94. The molecule has 0 saturated carbocycles. The van der Waals surface area contributed by atoms with Crippen molar-refractivity contribution in [3.63, 3.8) is 0 Å². The molecule has 3 aromatic rings. The second kappa shape index (κ2) is 10.8. The predicted molar refractivity (Wildman–Crippen MR) is 121 cm³/mol. The van der Waals surface area contributed by atoms with Crippen molar-refractivity contribution < 1.29 is 14.3 Å². The van der Waals surface area contributed by atoms with E-state index >= 15 is 0 Å². The molecule has 156 valence electrons. The van der Waals surface area contributed by atoms with E-state index in [1.54, 1.807) is 24.3 Å². The molecule has 31 heavy (non-hydrogen) atoms. The van der Waals surface area contributed by atoms with E-state index in [0.29, 0.717) is 17.1 Å². The molecule has 3 rings (SSSR count). The van der Waals surface area contributed by atoms with Gasteiger partial charge in [-0.2, -0.15) is 5.26 Å². The standard InChI is InChI=1S/C27H25NO3/c1-20(2)25(17-16-21-10-5-3-6-11-21)27(29)31-26(19-28)22-12-9-15-24(18-22)30-23-13-7-4-8-14-23/h3-18,20,25-26H,1-2H3/b17-16+. The van der Waals surface area contributed by atoms with E-state index in [1.807, 2.05) is 86.7 Å². The zero-order valence-corrected chi connectivity index (χ0v) is 17.6. The van der Waals surface area contributed by atoms with Gasteiger partial charge in [-0.05, 0) is 35.7 Å². The third-order valence-corrected chi connectivity index (χ3v) is 4.78. The minimum atomic E-state index is -1.02. The molecule has 0 fully saturated rings. The lowest BCUT2D eigenvalue weighted by Crippen LogP contribution is -2.22. The Hall–Kier alpha value is -3.84. The van der Waals surface area contributed by atoms with Crippen molar-refractivity contribution >= 4 is 12.0 Å². The van der Waals surface area contributed by atoms with Crippen LogP contribution >= 0.6 is 0 Å². The predicted octanol–water partition coefficient (Wildman–Crippen LogP) is 6.57. The first-order valence-corrected chi connectivity index (χ1v) is 10.2. The number of rotatable bonds is 8. The van der Waals surface area contributed by atoms with E-state index < -0.39 is 18.0 Å². The number of carbonyl (C=O) groups excluding carboxylic acids is 1. The summed E-state index contributed by atoms with van der Waals surface area (Å²) in [5.74, 6) is 0.405. The van der Waals surface area contributed by atoms with Crippen LogP contribution in [0.15, 0.2) is 91.0 Å². The van der Waals surface area contributed by atoms with Crippen LogP contribution in [0.4, 0.5) is 0 Å². The largest absolute Gasteiger partial charge is 0.457 e.